The monoisotopic (exact) mass is 778 g/mol. The molecule has 55 heavy (non-hydrogen) atoms. The van der Waals surface area contributed by atoms with Crippen LogP contribution in [0.4, 0.5) is 0 Å². The number of rotatable bonds is 31. The van der Waals surface area contributed by atoms with Gasteiger partial charge in [-0.05, 0) is 63.6 Å². The van der Waals surface area contributed by atoms with Crippen molar-refractivity contribution in [3.63, 3.8) is 0 Å². The van der Waals surface area contributed by atoms with Gasteiger partial charge in [0.05, 0.1) is 6.61 Å². The molecule has 0 radical (unpaired) electrons. The summed E-state index contributed by atoms with van der Waals surface area (Å²) in [5.74, 6) is -0.821. The van der Waals surface area contributed by atoms with Crippen molar-refractivity contribution in [3.05, 3.63) is 60.2 Å². The zero-order valence-corrected chi connectivity index (χ0v) is 34.6. The fourth-order valence-corrected chi connectivity index (χ4v) is 8.08. The van der Waals surface area contributed by atoms with E-state index in [9.17, 15) is 19.0 Å². The van der Waals surface area contributed by atoms with Crippen LogP contribution in [0.15, 0.2) is 54.6 Å². The summed E-state index contributed by atoms with van der Waals surface area (Å²) < 4.78 is 32.1. The van der Waals surface area contributed by atoms with Crippen molar-refractivity contribution in [2.75, 3.05) is 20.3 Å². The Labute approximate surface area is 330 Å². The molecule has 4 aromatic carbocycles. The second kappa shape index (κ2) is 25.3. The second-order valence-electron chi connectivity index (χ2n) is 15.3. The minimum atomic E-state index is -4.28. The number of benzene rings is 4. The molecule has 0 bridgehead atoms. The molecule has 8 nitrogen and oxygen atoms in total. The van der Waals surface area contributed by atoms with Gasteiger partial charge in [0, 0.05) is 20.0 Å². The Morgan fingerprint density at radius 3 is 1.67 bits per heavy atom. The third-order valence-electron chi connectivity index (χ3n) is 10.8. The van der Waals surface area contributed by atoms with E-state index in [1.165, 1.54) is 109 Å². The minimum Gasteiger partial charge on any atom is -0.462 e. The molecule has 0 spiro atoms. The summed E-state index contributed by atoms with van der Waals surface area (Å²) >= 11 is 0. The molecule has 1 unspecified atom stereocenters. The first-order valence-electron chi connectivity index (χ1n) is 21.3. The maximum Gasteiger partial charge on any atom is 0.472 e. The third kappa shape index (κ3) is 16.2. The van der Waals surface area contributed by atoms with Gasteiger partial charge in [-0.2, -0.15) is 0 Å². The number of hydrogen-bond donors (Lipinski definition) is 1. The number of ether oxygens (including phenoxy) is 2. The van der Waals surface area contributed by atoms with Gasteiger partial charge in [0.25, 0.3) is 0 Å². The van der Waals surface area contributed by atoms with Crippen molar-refractivity contribution >= 4 is 52.1 Å². The summed E-state index contributed by atoms with van der Waals surface area (Å²) in [7, 11) is -3.22. The van der Waals surface area contributed by atoms with E-state index in [1.807, 2.05) is 0 Å². The van der Waals surface area contributed by atoms with E-state index in [0.29, 0.717) is 6.42 Å². The first-order valence-corrected chi connectivity index (χ1v) is 22.8. The lowest BCUT2D eigenvalue weighted by Crippen LogP contribution is -2.29. The predicted molar refractivity (Wildman–Crippen MR) is 225 cm³/mol. The lowest BCUT2D eigenvalue weighted by atomic mass is 9.90. The van der Waals surface area contributed by atoms with Crippen LogP contribution in [-0.2, 0) is 39.1 Å². The lowest BCUT2D eigenvalue weighted by molar-refractivity contribution is -0.161. The van der Waals surface area contributed by atoms with Gasteiger partial charge in [-0.3, -0.25) is 18.6 Å². The Hall–Kier alpha value is -3.03. The first-order chi connectivity index (χ1) is 26.8. The Morgan fingerprint density at radius 2 is 1.09 bits per heavy atom. The molecule has 4 rings (SSSR count). The molecule has 2 atom stereocenters. The molecule has 0 aromatic heterocycles. The molecule has 0 aliphatic carbocycles. The molecule has 4 aromatic rings. The highest BCUT2D eigenvalue weighted by atomic mass is 31.2. The molecule has 304 valence electrons. The molecule has 0 saturated heterocycles. The van der Waals surface area contributed by atoms with Crippen LogP contribution in [-0.4, -0.2) is 43.3 Å². The van der Waals surface area contributed by atoms with Crippen molar-refractivity contribution in [2.45, 2.75) is 161 Å². The van der Waals surface area contributed by atoms with Gasteiger partial charge in [0.2, 0.25) is 0 Å². The molecular weight excluding hydrogens is 711 g/mol. The van der Waals surface area contributed by atoms with Crippen LogP contribution in [0, 0.1) is 0 Å². The van der Waals surface area contributed by atoms with Crippen LogP contribution in [0.2, 0.25) is 0 Å². The van der Waals surface area contributed by atoms with Gasteiger partial charge in [0.15, 0.2) is 6.10 Å². The Kier molecular flexibility index (Phi) is 20.5. The fourth-order valence-electron chi connectivity index (χ4n) is 7.62. The van der Waals surface area contributed by atoms with Gasteiger partial charge in [-0.1, -0.05) is 171 Å². The normalized spacial score (nSPS) is 13.4. The van der Waals surface area contributed by atoms with Crippen LogP contribution >= 0.6 is 7.82 Å². The molecule has 0 amide bonds. The highest BCUT2D eigenvalue weighted by molar-refractivity contribution is 7.47. The molecule has 0 aliphatic rings. The van der Waals surface area contributed by atoms with Crippen molar-refractivity contribution in [1.82, 2.24) is 0 Å². The zero-order valence-electron chi connectivity index (χ0n) is 33.7. The second-order valence-corrected chi connectivity index (χ2v) is 16.9. The number of carbonyl (C=O) groups is 2. The van der Waals surface area contributed by atoms with Crippen molar-refractivity contribution in [3.8, 4) is 0 Å². The summed E-state index contributed by atoms with van der Waals surface area (Å²) in [5.41, 5.74) is 1.42. The Bertz CT molecular complexity index is 1720. The smallest absolute Gasteiger partial charge is 0.462 e. The van der Waals surface area contributed by atoms with E-state index in [0.717, 1.165) is 64.9 Å². The van der Waals surface area contributed by atoms with E-state index < -0.39 is 26.5 Å². The largest absolute Gasteiger partial charge is 0.472 e. The number of esters is 2. The van der Waals surface area contributed by atoms with Crippen LogP contribution in [0.25, 0.3) is 32.3 Å². The number of carbonyl (C=O) groups excluding carboxylic acids is 2. The van der Waals surface area contributed by atoms with Crippen LogP contribution in [0.3, 0.4) is 0 Å². The van der Waals surface area contributed by atoms with E-state index >= 15 is 0 Å². The molecule has 9 heteroatoms. The summed E-state index contributed by atoms with van der Waals surface area (Å²) in [4.78, 5) is 34.7. The number of phosphoric acid groups is 1. The van der Waals surface area contributed by atoms with Crippen molar-refractivity contribution in [1.29, 1.82) is 0 Å². The van der Waals surface area contributed by atoms with Gasteiger partial charge in [0.1, 0.15) is 6.61 Å². The molecule has 0 heterocycles. The van der Waals surface area contributed by atoms with Gasteiger partial charge < -0.3 is 14.4 Å². The zero-order chi connectivity index (χ0) is 39.1. The van der Waals surface area contributed by atoms with Crippen LogP contribution < -0.4 is 0 Å². The molecule has 0 fully saturated rings. The van der Waals surface area contributed by atoms with E-state index in [2.05, 4.69) is 66.0 Å². The number of phosphoric ester groups is 1. The van der Waals surface area contributed by atoms with Gasteiger partial charge in [-0.25, -0.2) is 4.57 Å². The lowest BCUT2D eigenvalue weighted by Gasteiger charge is -2.19. The maximum absolute atomic E-state index is 12.6. The third-order valence-corrected chi connectivity index (χ3v) is 11.7. The number of hydrogen-bond acceptors (Lipinski definition) is 7. The summed E-state index contributed by atoms with van der Waals surface area (Å²) in [6, 6.07) is 20.1. The topological polar surface area (TPSA) is 108 Å². The van der Waals surface area contributed by atoms with E-state index in [-0.39, 0.29) is 25.4 Å². The number of unbranched alkanes of at least 4 members (excludes halogenated alkanes) is 18. The first kappa shape index (κ1) is 44.7. The highest BCUT2D eigenvalue weighted by Gasteiger charge is 2.25. The standard InChI is InChI=1S/C46H67O8P/c1-3-4-5-6-7-8-9-10-11-12-15-18-21-27-43(47)52-35-41(36-53-55(49,50)51-2)54-44(48)28-22-19-16-13-14-17-20-24-37-29-30-40-32-31-38-25-23-26-39-33-34-42(37)46(40)45(38)39/h23,25-26,29-34,41H,3-22,24,27-28,35-36H2,1-2H3,(H,49,50)/t41-/m1/s1. The summed E-state index contributed by atoms with van der Waals surface area (Å²) in [6.07, 6.45) is 23.7. The predicted octanol–water partition coefficient (Wildman–Crippen LogP) is 12.9. The molecule has 0 aliphatic heterocycles. The van der Waals surface area contributed by atoms with E-state index in [4.69, 9.17) is 14.0 Å². The SMILES string of the molecule is CCCCCCCCCCCCCCCC(=O)OC[C@H](COP(=O)(O)OC)OC(=O)CCCCCCCCCc1ccc2ccc3cccc4ccc1c2c34. The van der Waals surface area contributed by atoms with E-state index in [1.54, 1.807) is 0 Å². The summed E-state index contributed by atoms with van der Waals surface area (Å²) in [5, 5.41) is 8.02. The maximum atomic E-state index is 12.6. The Morgan fingerprint density at radius 1 is 0.600 bits per heavy atom. The van der Waals surface area contributed by atoms with Crippen LogP contribution in [0.1, 0.15) is 154 Å². The molecular formula is C46H67O8P. The fraction of sp³-hybridized carbons (Fsp3) is 0.609. The highest BCUT2D eigenvalue weighted by Crippen LogP contribution is 2.42. The summed E-state index contributed by atoms with van der Waals surface area (Å²) in [6.45, 7) is 1.61. The average molecular weight is 779 g/mol. The van der Waals surface area contributed by atoms with Crippen LogP contribution in [0.5, 0.6) is 0 Å². The van der Waals surface area contributed by atoms with Crippen molar-refractivity contribution < 1.29 is 37.6 Å². The van der Waals surface area contributed by atoms with Gasteiger partial charge in [-0.15, -0.1) is 0 Å². The molecule has 1 N–H and O–H groups in total. The van der Waals surface area contributed by atoms with Crippen molar-refractivity contribution in [2.24, 2.45) is 0 Å². The Balaban J connectivity index is 1.05. The quantitative estimate of drug-likeness (QED) is 0.0233. The average Bonchev–Trinajstić information content (AvgIpc) is 3.19. The van der Waals surface area contributed by atoms with Gasteiger partial charge >= 0.3 is 19.8 Å². The molecule has 0 saturated carbocycles. The number of aryl methyl sites for hydroxylation is 1. The minimum absolute atomic E-state index is 0.221.